The Labute approximate surface area is 152 Å². The molecule has 1 unspecified atom stereocenters. The molecular weight excluding hydrogens is 330 g/mol. The summed E-state index contributed by atoms with van der Waals surface area (Å²) in [5.41, 5.74) is 4.44. The third-order valence-electron chi connectivity index (χ3n) is 5.14. The first kappa shape index (κ1) is 16.5. The lowest BCUT2D eigenvalue weighted by molar-refractivity contribution is 0.354. The predicted molar refractivity (Wildman–Crippen MR) is 101 cm³/mol. The van der Waals surface area contributed by atoms with E-state index < -0.39 is 0 Å². The molecule has 0 aliphatic heterocycles. The molecule has 4 rings (SSSR count). The summed E-state index contributed by atoms with van der Waals surface area (Å²) in [6.07, 6.45) is 1.88. The van der Waals surface area contributed by atoms with Crippen LogP contribution >= 0.6 is 0 Å². The van der Waals surface area contributed by atoms with Gasteiger partial charge in [-0.3, -0.25) is 4.98 Å². The summed E-state index contributed by atoms with van der Waals surface area (Å²) >= 11 is 0. The maximum absolute atomic E-state index is 5.50. The van der Waals surface area contributed by atoms with Gasteiger partial charge in [0.05, 0.1) is 34.1 Å². The van der Waals surface area contributed by atoms with Crippen LogP contribution < -0.4 is 18.9 Å². The fourth-order valence-electron chi connectivity index (χ4n) is 3.83. The largest absolute Gasteiger partial charge is 0.493 e. The summed E-state index contributed by atoms with van der Waals surface area (Å²) in [4.78, 5) is 4.75. The molecule has 5 heteroatoms. The van der Waals surface area contributed by atoms with E-state index in [1.54, 1.807) is 28.4 Å². The molecule has 0 N–H and O–H groups in total. The van der Waals surface area contributed by atoms with Crippen LogP contribution in [0.25, 0.3) is 22.0 Å². The van der Waals surface area contributed by atoms with Gasteiger partial charge in [0, 0.05) is 23.1 Å². The van der Waals surface area contributed by atoms with Crippen molar-refractivity contribution in [1.29, 1.82) is 0 Å². The number of nitrogens with zero attached hydrogens (tertiary/aromatic N) is 1. The lowest BCUT2D eigenvalue weighted by Gasteiger charge is -2.14. The van der Waals surface area contributed by atoms with Gasteiger partial charge in [-0.2, -0.15) is 0 Å². The molecule has 1 heterocycles. The smallest absolute Gasteiger partial charge is 0.161 e. The summed E-state index contributed by atoms with van der Waals surface area (Å²) in [6, 6.07) is 8.06. The Morgan fingerprint density at radius 1 is 0.769 bits per heavy atom. The van der Waals surface area contributed by atoms with E-state index in [0.29, 0.717) is 17.2 Å². The molecule has 0 saturated heterocycles. The van der Waals surface area contributed by atoms with E-state index in [-0.39, 0.29) is 5.92 Å². The Morgan fingerprint density at radius 2 is 1.35 bits per heavy atom. The molecule has 1 atom stereocenters. The van der Waals surface area contributed by atoms with Gasteiger partial charge in [-0.1, -0.05) is 6.92 Å². The lowest BCUT2D eigenvalue weighted by atomic mass is 9.95. The van der Waals surface area contributed by atoms with Gasteiger partial charge in [0.2, 0.25) is 0 Å². The number of rotatable bonds is 4. The van der Waals surface area contributed by atoms with Gasteiger partial charge in [0.15, 0.2) is 23.0 Å². The Hall–Kier alpha value is -2.95. The number of hydrogen-bond donors (Lipinski definition) is 0. The second-order valence-corrected chi connectivity index (χ2v) is 6.33. The molecule has 0 saturated carbocycles. The summed E-state index contributed by atoms with van der Waals surface area (Å²) < 4.78 is 21.9. The van der Waals surface area contributed by atoms with Crippen molar-refractivity contribution >= 4 is 10.8 Å². The minimum atomic E-state index is 0.189. The molecule has 0 bridgehead atoms. The zero-order valence-electron chi connectivity index (χ0n) is 15.5. The molecule has 3 aromatic rings. The summed E-state index contributed by atoms with van der Waals surface area (Å²) in [5, 5.41) is 2.15. The highest BCUT2D eigenvalue weighted by Gasteiger charge is 2.31. The molecule has 5 nitrogen and oxygen atoms in total. The molecule has 0 amide bonds. The van der Waals surface area contributed by atoms with Gasteiger partial charge in [-0.05, 0) is 40.8 Å². The van der Waals surface area contributed by atoms with E-state index in [1.165, 1.54) is 11.1 Å². The fraction of sp³-hybridized carbons (Fsp3) is 0.286. The van der Waals surface area contributed by atoms with Gasteiger partial charge in [-0.25, -0.2) is 0 Å². The van der Waals surface area contributed by atoms with E-state index >= 15 is 0 Å². The average Bonchev–Trinajstić information content (AvgIpc) is 2.97. The summed E-state index contributed by atoms with van der Waals surface area (Å²) in [7, 11) is 6.59. The molecule has 26 heavy (non-hydrogen) atoms. The zero-order valence-corrected chi connectivity index (χ0v) is 15.5. The minimum Gasteiger partial charge on any atom is -0.493 e. The van der Waals surface area contributed by atoms with Crippen molar-refractivity contribution < 1.29 is 18.9 Å². The van der Waals surface area contributed by atoms with E-state index in [4.69, 9.17) is 23.9 Å². The number of benzene rings is 2. The Balaban J connectivity index is 2.00. The van der Waals surface area contributed by atoms with E-state index in [2.05, 4.69) is 6.92 Å². The first-order valence-electron chi connectivity index (χ1n) is 8.43. The fourth-order valence-corrected chi connectivity index (χ4v) is 3.83. The van der Waals surface area contributed by atoms with E-state index in [1.807, 2.05) is 30.5 Å². The third-order valence-corrected chi connectivity index (χ3v) is 5.14. The van der Waals surface area contributed by atoms with Crippen LogP contribution in [0.2, 0.25) is 0 Å². The number of hydrogen-bond acceptors (Lipinski definition) is 5. The van der Waals surface area contributed by atoms with Gasteiger partial charge in [-0.15, -0.1) is 0 Å². The van der Waals surface area contributed by atoms with Crippen LogP contribution in [0.3, 0.4) is 0 Å². The Bertz CT molecular complexity index is 1010. The summed E-state index contributed by atoms with van der Waals surface area (Å²) in [5.74, 6) is 3.05. The first-order valence-corrected chi connectivity index (χ1v) is 8.43. The number of methoxy groups -OCH3 is 4. The standard InChI is InChI=1S/C21H21NO4/c1-11-13-7-17(24-3)19(26-5)9-15(13)21-20(11)14-8-18(25-4)16(23-2)6-12(14)10-22-21/h6-11H,1-5H3. The molecule has 1 aromatic heterocycles. The number of ether oxygens (including phenoxy) is 4. The second-order valence-electron chi connectivity index (χ2n) is 6.33. The number of aromatic nitrogens is 1. The number of pyridine rings is 1. The van der Waals surface area contributed by atoms with Gasteiger partial charge in [0.1, 0.15) is 0 Å². The molecule has 2 aromatic carbocycles. The average molecular weight is 351 g/mol. The van der Waals surface area contributed by atoms with Gasteiger partial charge >= 0.3 is 0 Å². The maximum Gasteiger partial charge on any atom is 0.161 e. The molecule has 1 aliphatic rings. The quantitative estimate of drug-likeness (QED) is 0.697. The van der Waals surface area contributed by atoms with Crippen LogP contribution in [0.1, 0.15) is 24.0 Å². The molecule has 134 valence electrons. The SMILES string of the molecule is COc1cc2c(cc1OC)C(C)c1c-2ncc2cc(OC)c(OC)cc12. The lowest BCUT2D eigenvalue weighted by Crippen LogP contribution is -1.96. The molecular formula is C21H21NO4. The molecule has 1 aliphatic carbocycles. The molecule has 0 fully saturated rings. The normalized spacial score (nSPS) is 14.7. The topological polar surface area (TPSA) is 49.8 Å². The van der Waals surface area contributed by atoms with Gasteiger partial charge in [0.25, 0.3) is 0 Å². The van der Waals surface area contributed by atoms with Crippen molar-refractivity contribution in [1.82, 2.24) is 4.98 Å². The van der Waals surface area contributed by atoms with Crippen molar-refractivity contribution in [2.45, 2.75) is 12.8 Å². The van der Waals surface area contributed by atoms with E-state index in [0.717, 1.165) is 27.8 Å². The van der Waals surface area contributed by atoms with Crippen molar-refractivity contribution in [2.24, 2.45) is 0 Å². The zero-order chi connectivity index (χ0) is 18.4. The molecule has 0 radical (unpaired) electrons. The Morgan fingerprint density at radius 3 is 2.00 bits per heavy atom. The minimum absolute atomic E-state index is 0.189. The highest BCUT2D eigenvalue weighted by Crippen LogP contribution is 2.50. The summed E-state index contributed by atoms with van der Waals surface area (Å²) in [6.45, 7) is 2.19. The van der Waals surface area contributed by atoms with Crippen LogP contribution in [0, 0.1) is 0 Å². The third kappa shape index (κ3) is 2.20. The van der Waals surface area contributed by atoms with Crippen molar-refractivity contribution in [3.05, 3.63) is 41.6 Å². The van der Waals surface area contributed by atoms with Crippen LogP contribution in [-0.2, 0) is 0 Å². The van der Waals surface area contributed by atoms with Gasteiger partial charge < -0.3 is 18.9 Å². The first-order chi connectivity index (χ1) is 12.6. The second kappa shape index (κ2) is 6.09. The van der Waals surface area contributed by atoms with Crippen LogP contribution in [0.15, 0.2) is 30.5 Å². The Kier molecular flexibility index (Phi) is 3.87. The maximum atomic E-state index is 5.50. The van der Waals surface area contributed by atoms with Crippen LogP contribution in [0.4, 0.5) is 0 Å². The monoisotopic (exact) mass is 351 g/mol. The van der Waals surface area contributed by atoms with Crippen LogP contribution in [-0.4, -0.2) is 33.4 Å². The molecule has 0 spiro atoms. The van der Waals surface area contributed by atoms with Crippen molar-refractivity contribution in [2.75, 3.05) is 28.4 Å². The van der Waals surface area contributed by atoms with Crippen molar-refractivity contribution in [3.63, 3.8) is 0 Å². The highest BCUT2D eigenvalue weighted by molar-refractivity contribution is 5.96. The van der Waals surface area contributed by atoms with Crippen molar-refractivity contribution in [3.8, 4) is 34.3 Å². The van der Waals surface area contributed by atoms with E-state index in [9.17, 15) is 0 Å². The highest BCUT2D eigenvalue weighted by atomic mass is 16.5. The van der Waals surface area contributed by atoms with Crippen LogP contribution in [0.5, 0.6) is 23.0 Å². The predicted octanol–water partition coefficient (Wildman–Crippen LogP) is 4.40. The number of fused-ring (bicyclic) bond motifs is 5.